The van der Waals surface area contributed by atoms with Crippen LogP contribution in [0.25, 0.3) is 20.9 Å². The topological polar surface area (TPSA) is 192 Å². The van der Waals surface area contributed by atoms with E-state index in [2.05, 4.69) is 20.1 Å². The Balaban J connectivity index is 1.81. The Hall–Kier alpha value is -5.02. The Morgan fingerprint density at radius 2 is 1.77 bits per heavy atom. The number of aliphatic hydroxyl groups is 1. The van der Waals surface area contributed by atoms with Crippen LogP contribution >= 0.6 is 0 Å². The maximum Gasteiger partial charge on any atom is 0.250 e. The molecule has 3 N–H and O–H groups in total. The Morgan fingerprint density at radius 1 is 1.05 bits per heavy atom. The predicted octanol–water partition coefficient (Wildman–Crippen LogP) is 5.18. The molecule has 1 amide bonds. The largest absolute Gasteiger partial charge is 0.494 e. The summed E-state index contributed by atoms with van der Waals surface area (Å²) in [6.45, 7) is 0.477. The highest BCUT2D eigenvalue weighted by molar-refractivity contribution is 6.01. The van der Waals surface area contributed by atoms with E-state index in [0.717, 1.165) is 0 Å². The first-order valence-corrected chi connectivity index (χ1v) is 12.1. The first-order valence-electron chi connectivity index (χ1n) is 12.1. The Kier molecular flexibility index (Phi) is 8.65. The highest BCUT2D eigenvalue weighted by atomic mass is 16.5. The number of nitrogens with zero attached hydrogens (tertiary/aromatic N) is 7. The lowest BCUT2D eigenvalue weighted by molar-refractivity contribution is -0.125. The number of hydrogen-bond acceptors (Lipinski definition) is 7. The van der Waals surface area contributed by atoms with Crippen LogP contribution in [0, 0.1) is 0 Å². The van der Waals surface area contributed by atoms with Crippen LogP contribution in [-0.2, 0) is 22.5 Å². The number of carbonyl (C=O) groups excluding carboxylic acids is 1. The lowest BCUT2D eigenvalue weighted by Crippen LogP contribution is -2.47. The molecule has 1 aliphatic rings. The molecule has 0 saturated carbocycles. The SMILES string of the molecule is [N-]=[N+]=NCc1ccccc1C[C@@]1(C(N)=O)N=C(c2ccc(OCCCO)cc2)O[C@@H]1c1ccccc1N=[N+]=[N-]. The smallest absolute Gasteiger partial charge is 0.250 e. The summed E-state index contributed by atoms with van der Waals surface area (Å²) in [5.41, 5.74) is 25.2. The van der Waals surface area contributed by atoms with Gasteiger partial charge >= 0.3 is 0 Å². The summed E-state index contributed by atoms with van der Waals surface area (Å²) >= 11 is 0. The molecular weight excluding hydrogens is 500 g/mol. The van der Waals surface area contributed by atoms with Gasteiger partial charge in [0.05, 0.1) is 13.2 Å². The van der Waals surface area contributed by atoms with Crippen molar-refractivity contribution >= 4 is 17.5 Å². The van der Waals surface area contributed by atoms with E-state index < -0.39 is 17.6 Å². The number of azide groups is 2. The van der Waals surface area contributed by atoms with Crippen molar-refractivity contribution in [1.82, 2.24) is 0 Å². The van der Waals surface area contributed by atoms with Gasteiger partial charge in [-0.05, 0) is 46.5 Å². The summed E-state index contributed by atoms with van der Waals surface area (Å²) in [5.74, 6) is 0.0500. The number of nitrogens with two attached hydrogens (primary N) is 1. The van der Waals surface area contributed by atoms with E-state index in [1.807, 2.05) is 12.1 Å². The minimum Gasteiger partial charge on any atom is -0.494 e. The molecule has 12 nitrogen and oxygen atoms in total. The minimum absolute atomic E-state index is 0.0304. The number of aliphatic hydroxyl groups excluding tert-OH is 1. The van der Waals surface area contributed by atoms with Gasteiger partial charge in [0.2, 0.25) is 11.8 Å². The average molecular weight is 527 g/mol. The van der Waals surface area contributed by atoms with E-state index >= 15 is 0 Å². The molecule has 39 heavy (non-hydrogen) atoms. The van der Waals surface area contributed by atoms with Gasteiger partial charge in [-0.25, -0.2) is 4.99 Å². The van der Waals surface area contributed by atoms with Crippen molar-refractivity contribution in [2.24, 2.45) is 21.0 Å². The summed E-state index contributed by atoms with van der Waals surface area (Å²) in [6, 6.07) is 21.0. The second-order valence-electron chi connectivity index (χ2n) is 8.74. The molecule has 12 heteroatoms. The van der Waals surface area contributed by atoms with Gasteiger partial charge in [-0.1, -0.05) is 58.8 Å². The molecule has 198 valence electrons. The molecule has 1 heterocycles. The standard InChI is InChI=1S/C27H26N8O4/c28-26(37)27(16-19-6-1-2-7-20(19)17-31-34-29)24(22-8-3-4-9-23(22)33-35-30)39-25(32-27)18-10-12-21(13-11-18)38-15-5-14-36/h1-4,6-13,24,36H,5,14-17H2,(H2,28,37)/t24-,27-/m1/s1. The van der Waals surface area contributed by atoms with Crippen molar-refractivity contribution in [3.05, 3.63) is 116 Å². The van der Waals surface area contributed by atoms with Crippen molar-refractivity contribution in [3.8, 4) is 5.75 Å². The van der Waals surface area contributed by atoms with Crippen LogP contribution in [0.5, 0.6) is 5.75 Å². The Bertz CT molecular complexity index is 1460. The molecule has 3 aromatic rings. The first kappa shape index (κ1) is 27.0. The van der Waals surface area contributed by atoms with Gasteiger partial charge in [0.1, 0.15) is 5.75 Å². The van der Waals surface area contributed by atoms with Gasteiger partial charge in [-0.15, -0.1) is 0 Å². The average Bonchev–Trinajstić information content (AvgIpc) is 3.34. The van der Waals surface area contributed by atoms with Gasteiger partial charge in [0.25, 0.3) is 0 Å². The zero-order valence-corrected chi connectivity index (χ0v) is 20.9. The lowest BCUT2D eigenvalue weighted by Gasteiger charge is -2.30. The van der Waals surface area contributed by atoms with E-state index in [0.29, 0.717) is 41.0 Å². The molecule has 1 aliphatic heterocycles. The fourth-order valence-corrected chi connectivity index (χ4v) is 4.41. The number of aliphatic imine (C=N–C) groups is 1. The lowest BCUT2D eigenvalue weighted by atomic mass is 9.80. The van der Waals surface area contributed by atoms with Crippen molar-refractivity contribution < 1.29 is 19.4 Å². The van der Waals surface area contributed by atoms with Crippen LogP contribution in [0.3, 0.4) is 0 Å². The number of benzene rings is 3. The van der Waals surface area contributed by atoms with E-state index in [4.69, 9.17) is 36.4 Å². The summed E-state index contributed by atoms with van der Waals surface area (Å²) in [6.07, 6.45) is -0.466. The zero-order valence-electron chi connectivity index (χ0n) is 20.9. The fraction of sp³-hybridized carbons (Fsp3) is 0.259. The van der Waals surface area contributed by atoms with Crippen LogP contribution in [0.15, 0.2) is 88.0 Å². The van der Waals surface area contributed by atoms with Crippen LogP contribution in [-0.4, -0.2) is 35.7 Å². The molecule has 0 spiro atoms. The quantitative estimate of drug-likeness (QED) is 0.142. The molecule has 4 rings (SSSR count). The third-order valence-corrected chi connectivity index (χ3v) is 6.32. The molecule has 0 aromatic heterocycles. The highest BCUT2D eigenvalue weighted by Gasteiger charge is 2.53. The van der Waals surface area contributed by atoms with Crippen LogP contribution in [0.2, 0.25) is 0 Å². The van der Waals surface area contributed by atoms with E-state index in [1.165, 1.54) is 0 Å². The monoisotopic (exact) mass is 526 g/mol. The molecule has 0 fully saturated rings. The van der Waals surface area contributed by atoms with Crippen molar-refractivity contribution in [2.45, 2.75) is 31.0 Å². The third-order valence-electron chi connectivity index (χ3n) is 6.32. The summed E-state index contributed by atoms with van der Waals surface area (Å²) in [4.78, 5) is 23.8. The highest BCUT2D eigenvalue weighted by Crippen LogP contribution is 2.45. The fourth-order valence-electron chi connectivity index (χ4n) is 4.41. The van der Waals surface area contributed by atoms with Crippen molar-refractivity contribution in [1.29, 1.82) is 0 Å². The number of rotatable bonds is 12. The van der Waals surface area contributed by atoms with Crippen LogP contribution in [0.4, 0.5) is 5.69 Å². The number of amides is 1. The molecule has 2 atom stereocenters. The Morgan fingerprint density at radius 3 is 2.46 bits per heavy atom. The predicted molar refractivity (Wildman–Crippen MR) is 144 cm³/mol. The summed E-state index contributed by atoms with van der Waals surface area (Å²) in [7, 11) is 0. The van der Waals surface area contributed by atoms with Gasteiger partial charge in [-0.2, -0.15) is 0 Å². The van der Waals surface area contributed by atoms with Gasteiger partial charge in [0.15, 0.2) is 11.6 Å². The normalized spacial score (nSPS) is 17.8. The number of carbonyl (C=O) groups is 1. The number of ether oxygens (including phenoxy) is 2. The molecular formula is C27H26N8O4. The van der Waals surface area contributed by atoms with Gasteiger partial charge in [0, 0.05) is 46.1 Å². The number of hydrogen-bond donors (Lipinski definition) is 2. The van der Waals surface area contributed by atoms with Crippen LogP contribution in [0.1, 0.15) is 34.8 Å². The number of primary amides is 1. The minimum atomic E-state index is -1.61. The molecule has 0 aliphatic carbocycles. The maximum absolute atomic E-state index is 13.3. The zero-order chi connectivity index (χ0) is 27.7. The molecule has 0 unspecified atom stereocenters. The van der Waals surface area contributed by atoms with E-state index in [1.54, 1.807) is 60.7 Å². The molecule has 0 radical (unpaired) electrons. The maximum atomic E-state index is 13.3. The van der Waals surface area contributed by atoms with Crippen molar-refractivity contribution in [2.75, 3.05) is 13.2 Å². The second kappa shape index (κ2) is 12.5. The molecule has 0 bridgehead atoms. The van der Waals surface area contributed by atoms with Gasteiger partial charge in [-0.3, -0.25) is 4.79 Å². The molecule has 0 saturated heterocycles. The van der Waals surface area contributed by atoms with E-state index in [9.17, 15) is 4.79 Å². The summed E-state index contributed by atoms with van der Waals surface area (Å²) in [5, 5.41) is 16.4. The van der Waals surface area contributed by atoms with E-state index in [-0.39, 0.29) is 31.2 Å². The third kappa shape index (κ3) is 5.94. The molecule has 3 aromatic carbocycles. The van der Waals surface area contributed by atoms with Gasteiger partial charge < -0.3 is 20.3 Å². The second-order valence-corrected chi connectivity index (χ2v) is 8.74. The summed E-state index contributed by atoms with van der Waals surface area (Å²) < 4.78 is 11.9. The first-order chi connectivity index (χ1) is 19.0. The van der Waals surface area contributed by atoms with Crippen molar-refractivity contribution in [3.63, 3.8) is 0 Å². The van der Waals surface area contributed by atoms with Crippen LogP contribution < -0.4 is 10.5 Å². The Labute approximate surface area is 224 Å².